The summed E-state index contributed by atoms with van der Waals surface area (Å²) in [6.07, 6.45) is 1.20. The molecule has 1 aromatic rings. The van der Waals surface area contributed by atoms with E-state index in [1.165, 1.54) is 11.1 Å². The van der Waals surface area contributed by atoms with E-state index in [-0.39, 0.29) is 12.2 Å². The zero-order valence-corrected chi connectivity index (χ0v) is 13.5. The Balaban J connectivity index is 1.94. The smallest absolute Gasteiger partial charge is 0.128 e. The second kappa shape index (κ2) is 7.78. The van der Waals surface area contributed by atoms with E-state index in [0.29, 0.717) is 19.3 Å². The molecule has 0 bridgehead atoms. The Labute approximate surface area is 127 Å². The molecule has 3 atom stereocenters. The number of nitrogens with one attached hydrogen (secondary N) is 1. The van der Waals surface area contributed by atoms with Gasteiger partial charge in [0.1, 0.15) is 18.0 Å². The van der Waals surface area contributed by atoms with Gasteiger partial charge in [-0.2, -0.15) is 0 Å². The van der Waals surface area contributed by atoms with Crippen molar-refractivity contribution in [2.75, 3.05) is 26.9 Å². The number of benzene rings is 1. The van der Waals surface area contributed by atoms with Gasteiger partial charge in [0.25, 0.3) is 0 Å². The molecule has 1 aliphatic rings. The molecule has 118 valence electrons. The molecule has 1 N–H and O–H groups in total. The quantitative estimate of drug-likeness (QED) is 0.747. The zero-order valence-electron chi connectivity index (χ0n) is 13.5. The zero-order chi connectivity index (χ0) is 15.2. The lowest BCUT2D eigenvalue weighted by Gasteiger charge is -2.44. The summed E-state index contributed by atoms with van der Waals surface area (Å²) >= 11 is 0. The van der Waals surface area contributed by atoms with Crippen molar-refractivity contribution in [1.29, 1.82) is 0 Å². The highest BCUT2D eigenvalue weighted by molar-refractivity contribution is 5.33. The van der Waals surface area contributed by atoms with Crippen LogP contribution in [0.2, 0.25) is 0 Å². The number of hydrogen-bond donors (Lipinski definition) is 1. The Morgan fingerprint density at radius 1 is 1.14 bits per heavy atom. The minimum Gasteiger partial charge on any atom is -0.488 e. The Bertz CT molecular complexity index is 429. The second-order valence-corrected chi connectivity index (χ2v) is 5.71. The van der Waals surface area contributed by atoms with E-state index in [2.05, 4.69) is 44.3 Å². The molecule has 0 aliphatic heterocycles. The SMILES string of the molecule is CCNC1CC(Oc2cc(C)cc(C)c2)C1OCCOC. The molecule has 0 amide bonds. The maximum Gasteiger partial charge on any atom is 0.128 e. The van der Waals surface area contributed by atoms with Gasteiger partial charge < -0.3 is 19.5 Å². The average Bonchev–Trinajstić information content (AvgIpc) is 2.41. The van der Waals surface area contributed by atoms with Crippen LogP contribution in [0.15, 0.2) is 18.2 Å². The molecule has 0 saturated heterocycles. The van der Waals surface area contributed by atoms with E-state index in [1.807, 2.05) is 0 Å². The lowest BCUT2D eigenvalue weighted by molar-refractivity contribution is -0.115. The molecular weight excluding hydrogens is 266 g/mol. The van der Waals surface area contributed by atoms with Gasteiger partial charge in [-0.3, -0.25) is 0 Å². The third kappa shape index (κ3) is 4.43. The van der Waals surface area contributed by atoms with Gasteiger partial charge in [0.15, 0.2) is 0 Å². The van der Waals surface area contributed by atoms with Crippen molar-refractivity contribution >= 4 is 0 Å². The van der Waals surface area contributed by atoms with Crippen LogP contribution in [0.1, 0.15) is 24.5 Å². The van der Waals surface area contributed by atoms with E-state index in [1.54, 1.807) is 7.11 Å². The molecule has 4 nitrogen and oxygen atoms in total. The van der Waals surface area contributed by atoms with Crippen LogP contribution in [0.25, 0.3) is 0 Å². The fraction of sp³-hybridized carbons (Fsp3) is 0.647. The largest absolute Gasteiger partial charge is 0.488 e. The summed E-state index contributed by atoms with van der Waals surface area (Å²) in [4.78, 5) is 0. The van der Waals surface area contributed by atoms with Gasteiger partial charge in [0.05, 0.1) is 13.2 Å². The molecular formula is C17H27NO3. The number of methoxy groups -OCH3 is 1. The van der Waals surface area contributed by atoms with Crippen molar-refractivity contribution < 1.29 is 14.2 Å². The monoisotopic (exact) mass is 293 g/mol. The summed E-state index contributed by atoms with van der Waals surface area (Å²) in [5.74, 6) is 0.938. The highest BCUT2D eigenvalue weighted by Gasteiger charge is 2.43. The van der Waals surface area contributed by atoms with Gasteiger partial charge in [-0.15, -0.1) is 0 Å². The van der Waals surface area contributed by atoms with Crippen molar-refractivity contribution in [3.63, 3.8) is 0 Å². The summed E-state index contributed by atoms with van der Waals surface area (Å²) in [5, 5.41) is 3.45. The van der Waals surface area contributed by atoms with E-state index in [4.69, 9.17) is 14.2 Å². The van der Waals surface area contributed by atoms with Gasteiger partial charge in [-0.1, -0.05) is 13.0 Å². The van der Waals surface area contributed by atoms with Gasteiger partial charge in [-0.05, 0) is 43.7 Å². The first kappa shape index (κ1) is 16.3. The number of ether oxygens (including phenoxy) is 3. The minimum atomic E-state index is 0.0981. The van der Waals surface area contributed by atoms with E-state index in [0.717, 1.165) is 18.7 Å². The predicted octanol–water partition coefficient (Wildman–Crippen LogP) is 2.46. The Morgan fingerprint density at radius 2 is 1.86 bits per heavy atom. The molecule has 1 fully saturated rings. The first-order valence-electron chi connectivity index (χ1n) is 7.73. The van der Waals surface area contributed by atoms with Crippen LogP contribution in [0.4, 0.5) is 0 Å². The summed E-state index contributed by atoms with van der Waals surface area (Å²) < 4.78 is 17.1. The van der Waals surface area contributed by atoms with Crippen LogP contribution < -0.4 is 10.1 Å². The molecule has 4 heteroatoms. The van der Waals surface area contributed by atoms with Gasteiger partial charge in [0.2, 0.25) is 0 Å². The van der Waals surface area contributed by atoms with Gasteiger partial charge >= 0.3 is 0 Å². The summed E-state index contributed by atoms with van der Waals surface area (Å²) in [5.41, 5.74) is 2.45. The number of hydrogen-bond acceptors (Lipinski definition) is 4. The van der Waals surface area contributed by atoms with Crippen molar-refractivity contribution in [3.05, 3.63) is 29.3 Å². The third-order valence-electron chi connectivity index (χ3n) is 3.80. The Kier molecular flexibility index (Phi) is 6.03. The first-order chi connectivity index (χ1) is 10.1. The molecule has 0 heterocycles. The van der Waals surface area contributed by atoms with Crippen LogP contribution in [-0.2, 0) is 9.47 Å². The van der Waals surface area contributed by atoms with Crippen molar-refractivity contribution in [3.8, 4) is 5.75 Å². The summed E-state index contributed by atoms with van der Waals surface area (Å²) in [6, 6.07) is 6.70. The second-order valence-electron chi connectivity index (χ2n) is 5.71. The molecule has 1 saturated carbocycles. The van der Waals surface area contributed by atoms with E-state index in [9.17, 15) is 0 Å². The highest BCUT2D eigenvalue weighted by Crippen LogP contribution is 2.30. The third-order valence-corrected chi connectivity index (χ3v) is 3.80. The number of aryl methyl sites for hydroxylation is 2. The molecule has 1 aliphatic carbocycles. The molecule has 1 aromatic carbocycles. The maximum atomic E-state index is 6.13. The Morgan fingerprint density at radius 3 is 2.48 bits per heavy atom. The van der Waals surface area contributed by atoms with Gasteiger partial charge in [-0.25, -0.2) is 0 Å². The standard InChI is InChI=1S/C17H27NO3/c1-5-18-15-11-16(17(15)20-7-6-19-4)21-14-9-12(2)8-13(3)10-14/h8-10,15-18H,5-7,11H2,1-4H3. The van der Waals surface area contributed by atoms with Crippen LogP contribution in [0, 0.1) is 13.8 Å². The van der Waals surface area contributed by atoms with Crippen LogP contribution in [0.5, 0.6) is 5.75 Å². The molecule has 0 aromatic heterocycles. The molecule has 0 radical (unpaired) electrons. The lowest BCUT2D eigenvalue weighted by Crippen LogP contribution is -2.61. The highest BCUT2D eigenvalue weighted by atomic mass is 16.6. The predicted molar refractivity (Wildman–Crippen MR) is 84.0 cm³/mol. The summed E-state index contributed by atoms with van der Waals surface area (Å²) in [7, 11) is 1.69. The Hall–Kier alpha value is -1.10. The fourth-order valence-electron chi connectivity index (χ4n) is 2.83. The van der Waals surface area contributed by atoms with Crippen molar-refractivity contribution in [1.82, 2.24) is 5.32 Å². The minimum absolute atomic E-state index is 0.0981. The van der Waals surface area contributed by atoms with Gasteiger partial charge in [0, 0.05) is 19.6 Å². The molecule has 0 spiro atoms. The number of rotatable bonds is 8. The van der Waals surface area contributed by atoms with E-state index < -0.39 is 0 Å². The van der Waals surface area contributed by atoms with Crippen LogP contribution in [0.3, 0.4) is 0 Å². The van der Waals surface area contributed by atoms with E-state index >= 15 is 0 Å². The number of likely N-dealkylation sites (N-methyl/N-ethyl adjacent to an activating group) is 1. The average molecular weight is 293 g/mol. The maximum absolute atomic E-state index is 6.13. The van der Waals surface area contributed by atoms with Crippen molar-refractivity contribution in [2.45, 2.75) is 45.4 Å². The molecule has 3 unspecified atom stereocenters. The fourth-order valence-corrected chi connectivity index (χ4v) is 2.83. The van der Waals surface area contributed by atoms with Crippen LogP contribution >= 0.6 is 0 Å². The first-order valence-corrected chi connectivity index (χ1v) is 7.73. The lowest BCUT2D eigenvalue weighted by atomic mass is 9.85. The normalized spacial score (nSPS) is 24.7. The topological polar surface area (TPSA) is 39.7 Å². The molecule has 21 heavy (non-hydrogen) atoms. The van der Waals surface area contributed by atoms with Crippen molar-refractivity contribution in [2.24, 2.45) is 0 Å². The van der Waals surface area contributed by atoms with Crippen LogP contribution in [-0.4, -0.2) is 45.1 Å². The summed E-state index contributed by atoms with van der Waals surface area (Å²) in [6.45, 7) is 8.47. The molecule has 2 rings (SSSR count).